The number of nitrogens with zero attached hydrogens (tertiary/aromatic N) is 2. The second kappa shape index (κ2) is 5.19. The molecule has 96 valence electrons. The highest BCUT2D eigenvalue weighted by Gasteiger charge is 2.18. The zero-order valence-electron chi connectivity index (χ0n) is 10.9. The van der Waals surface area contributed by atoms with Crippen LogP contribution >= 0.6 is 0 Å². The van der Waals surface area contributed by atoms with Gasteiger partial charge in [-0.2, -0.15) is 5.10 Å². The summed E-state index contributed by atoms with van der Waals surface area (Å²) in [6.45, 7) is 7.56. The highest BCUT2D eigenvalue weighted by Crippen LogP contribution is 2.22. The predicted octanol–water partition coefficient (Wildman–Crippen LogP) is 2.12. The number of rotatable bonds is 4. The summed E-state index contributed by atoms with van der Waals surface area (Å²) in [7, 11) is 0. The first-order valence-corrected chi connectivity index (χ1v) is 6.43. The Morgan fingerprint density at radius 2 is 2.29 bits per heavy atom. The summed E-state index contributed by atoms with van der Waals surface area (Å²) in [5.74, 6) is 0. The van der Waals surface area contributed by atoms with E-state index in [-0.39, 0.29) is 0 Å². The molecule has 1 N–H and O–H groups in total. The van der Waals surface area contributed by atoms with Gasteiger partial charge < -0.3 is 9.84 Å². The summed E-state index contributed by atoms with van der Waals surface area (Å²) in [6.07, 6.45) is 3.32. The second-order valence-electron chi connectivity index (χ2n) is 4.91. The third kappa shape index (κ3) is 2.69. The molecule has 1 aromatic heterocycles. The monoisotopic (exact) mass is 238 g/mol. The van der Waals surface area contributed by atoms with E-state index in [0.717, 1.165) is 36.5 Å². The van der Waals surface area contributed by atoms with Crippen molar-refractivity contribution in [1.29, 1.82) is 0 Å². The highest BCUT2D eigenvalue weighted by atomic mass is 16.5. The minimum absolute atomic E-state index is 0.397. The molecule has 2 rings (SSSR count). The fourth-order valence-corrected chi connectivity index (χ4v) is 2.67. The molecule has 0 bridgehead atoms. The minimum Gasteiger partial charge on any atom is -0.389 e. The lowest BCUT2D eigenvalue weighted by molar-refractivity contribution is 0.0992. The Labute approximate surface area is 103 Å². The lowest BCUT2D eigenvalue weighted by atomic mass is 10.1. The first-order valence-electron chi connectivity index (χ1n) is 6.43. The van der Waals surface area contributed by atoms with E-state index >= 15 is 0 Å². The average Bonchev–Trinajstić information content (AvgIpc) is 2.84. The van der Waals surface area contributed by atoms with Crippen LogP contribution in [0.5, 0.6) is 0 Å². The maximum absolute atomic E-state index is 9.70. The van der Waals surface area contributed by atoms with Crippen molar-refractivity contribution in [2.45, 2.75) is 58.8 Å². The van der Waals surface area contributed by atoms with Crippen LogP contribution in [0.3, 0.4) is 0 Å². The lowest BCUT2D eigenvalue weighted by Gasteiger charge is -2.11. The molecule has 1 aliphatic rings. The molecular weight excluding hydrogens is 216 g/mol. The quantitative estimate of drug-likeness (QED) is 0.874. The van der Waals surface area contributed by atoms with Gasteiger partial charge in [0.05, 0.1) is 17.9 Å². The van der Waals surface area contributed by atoms with Gasteiger partial charge >= 0.3 is 0 Å². The smallest absolute Gasteiger partial charge is 0.0797 e. The number of hydrogen-bond acceptors (Lipinski definition) is 3. The van der Waals surface area contributed by atoms with Gasteiger partial charge in [-0.1, -0.05) is 0 Å². The molecule has 0 amide bonds. The van der Waals surface area contributed by atoms with Crippen LogP contribution in [0.4, 0.5) is 0 Å². The Morgan fingerprint density at radius 3 is 2.82 bits per heavy atom. The van der Waals surface area contributed by atoms with Gasteiger partial charge in [0.25, 0.3) is 0 Å². The summed E-state index contributed by atoms with van der Waals surface area (Å²) in [6, 6.07) is 0. The van der Waals surface area contributed by atoms with Crippen molar-refractivity contribution < 1.29 is 9.84 Å². The normalized spacial score (nSPS) is 22.0. The van der Waals surface area contributed by atoms with E-state index < -0.39 is 6.10 Å². The van der Waals surface area contributed by atoms with E-state index in [9.17, 15) is 5.11 Å². The number of aliphatic hydroxyl groups is 1. The van der Waals surface area contributed by atoms with Crippen molar-refractivity contribution in [3.05, 3.63) is 17.0 Å². The van der Waals surface area contributed by atoms with Crippen LogP contribution in [0, 0.1) is 13.8 Å². The molecular formula is C13H22N2O2. The summed E-state index contributed by atoms with van der Waals surface area (Å²) in [5.41, 5.74) is 2.98. The van der Waals surface area contributed by atoms with Crippen molar-refractivity contribution >= 4 is 0 Å². The van der Waals surface area contributed by atoms with Gasteiger partial charge in [-0.05, 0) is 40.0 Å². The van der Waals surface area contributed by atoms with Gasteiger partial charge in [0.15, 0.2) is 0 Å². The SMILES string of the molecule is Cc1nn(CCC2CCCO2)c(C)c1C(C)O. The lowest BCUT2D eigenvalue weighted by Crippen LogP contribution is -2.12. The van der Waals surface area contributed by atoms with E-state index in [4.69, 9.17) is 4.74 Å². The number of aliphatic hydroxyl groups excluding tert-OH is 1. The maximum atomic E-state index is 9.70. The molecule has 0 saturated carbocycles. The standard InChI is InChI=1S/C13H22N2O2/c1-9-13(11(3)16)10(2)15(14-9)7-6-12-5-4-8-17-12/h11-12,16H,4-8H2,1-3H3. The largest absolute Gasteiger partial charge is 0.389 e. The number of ether oxygens (including phenoxy) is 1. The van der Waals surface area contributed by atoms with Crippen LogP contribution < -0.4 is 0 Å². The molecule has 1 aliphatic heterocycles. The molecule has 4 nitrogen and oxygen atoms in total. The molecule has 1 saturated heterocycles. The Hall–Kier alpha value is -0.870. The van der Waals surface area contributed by atoms with Crippen molar-refractivity contribution in [2.75, 3.05) is 6.61 Å². The zero-order chi connectivity index (χ0) is 12.4. The van der Waals surface area contributed by atoms with Gasteiger partial charge in [0.2, 0.25) is 0 Å². The minimum atomic E-state index is -0.438. The third-order valence-corrected chi connectivity index (χ3v) is 3.54. The topological polar surface area (TPSA) is 47.3 Å². The molecule has 0 spiro atoms. The van der Waals surface area contributed by atoms with Crippen LogP contribution in [0.1, 0.15) is 49.2 Å². The molecule has 2 atom stereocenters. The number of hydrogen-bond donors (Lipinski definition) is 1. The average molecular weight is 238 g/mol. The highest BCUT2D eigenvalue weighted by molar-refractivity contribution is 5.26. The van der Waals surface area contributed by atoms with Crippen LogP contribution in [-0.2, 0) is 11.3 Å². The Kier molecular flexibility index (Phi) is 3.84. The Bertz CT molecular complexity index is 379. The summed E-state index contributed by atoms with van der Waals surface area (Å²) in [4.78, 5) is 0. The maximum Gasteiger partial charge on any atom is 0.0797 e. The number of aryl methyl sites for hydroxylation is 2. The van der Waals surface area contributed by atoms with Crippen LogP contribution in [0.25, 0.3) is 0 Å². The van der Waals surface area contributed by atoms with Gasteiger partial charge in [-0.3, -0.25) is 4.68 Å². The molecule has 2 unspecified atom stereocenters. The molecule has 0 radical (unpaired) electrons. The molecule has 0 aliphatic carbocycles. The molecule has 1 aromatic rings. The first kappa shape index (κ1) is 12.6. The second-order valence-corrected chi connectivity index (χ2v) is 4.91. The third-order valence-electron chi connectivity index (χ3n) is 3.54. The zero-order valence-corrected chi connectivity index (χ0v) is 10.9. The van der Waals surface area contributed by atoms with Gasteiger partial charge in [-0.25, -0.2) is 0 Å². The Balaban J connectivity index is 2.03. The summed E-state index contributed by atoms with van der Waals surface area (Å²) in [5, 5.41) is 14.2. The van der Waals surface area contributed by atoms with Gasteiger partial charge in [0.1, 0.15) is 0 Å². The van der Waals surface area contributed by atoms with E-state index in [1.807, 2.05) is 18.5 Å². The van der Waals surface area contributed by atoms with E-state index in [1.54, 1.807) is 6.92 Å². The summed E-state index contributed by atoms with van der Waals surface area (Å²) < 4.78 is 7.61. The van der Waals surface area contributed by atoms with Crippen molar-refractivity contribution in [3.8, 4) is 0 Å². The van der Waals surface area contributed by atoms with Crippen LogP contribution in [0.15, 0.2) is 0 Å². The fourth-order valence-electron chi connectivity index (χ4n) is 2.67. The predicted molar refractivity (Wildman–Crippen MR) is 65.9 cm³/mol. The molecule has 2 heterocycles. The van der Waals surface area contributed by atoms with Gasteiger partial charge in [0, 0.05) is 24.4 Å². The molecule has 0 aromatic carbocycles. The van der Waals surface area contributed by atoms with E-state index in [2.05, 4.69) is 5.10 Å². The van der Waals surface area contributed by atoms with Crippen LogP contribution in [-0.4, -0.2) is 27.6 Å². The van der Waals surface area contributed by atoms with E-state index in [1.165, 1.54) is 12.8 Å². The summed E-state index contributed by atoms with van der Waals surface area (Å²) >= 11 is 0. The first-order chi connectivity index (χ1) is 8.09. The van der Waals surface area contributed by atoms with Gasteiger partial charge in [-0.15, -0.1) is 0 Å². The van der Waals surface area contributed by atoms with Crippen LogP contribution in [0.2, 0.25) is 0 Å². The van der Waals surface area contributed by atoms with Crippen molar-refractivity contribution in [3.63, 3.8) is 0 Å². The molecule has 1 fully saturated rings. The van der Waals surface area contributed by atoms with Crippen molar-refractivity contribution in [2.24, 2.45) is 0 Å². The molecule has 4 heteroatoms. The van der Waals surface area contributed by atoms with Crippen molar-refractivity contribution in [1.82, 2.24) is 9.78 Å². The Morgan fingerprint density at radius 1 is 1.53 bits per heavy atom. The number of aromatic nitrogens is 2. The fraction of sp³-hybridized carbons (Fsp3) is 0.769. The molecule has 17 heavy (non-hydrogen) atoms. The van der Waals surface area contributed by atoms with E-state index in [0.29, 0.717) is 6.10 Å².